The molecule has 3 aromatic rings. The monoisotopic (exact) mass is 313 g/mol. The van der Waals surface area contributed by atoms with E-state index in [9.17, 15) is 0 Å². The van der Waals surface area contributed by atoms with E-state index in [4.69, 9.17) is 5.11 Å². The molecule has 5 nitrogen and oxygen atoms in total. The maximum atomic E-state index is 8.88. The minimum Gasteiger partial charge on any atom is -0.390 e. The average Bonchev–Trinajstić information content (AvgIpc) is 2.86. The van der Waals surface area contributed by atoms with Gasteiger partial charge < -0.3 is 9.67 Å². The Kier molecular flexibility index (Phi) is 4.41. The van der Waals surface area contributed by atoms with Gasteiger partial charge >= 0.3 is 0 Å². The van der Waals surface area contributed by atoms with E-state index in [1.807, 2.05) is 52.8 Å². The zero-order valence-corrected chi connectivity index (χ0v) is 13.1. The highest BCUT2D eigenvalue weighted by Crippen LogP contribution is 2.14. The number of aliphatic hydroxyl groups is 1. The molecule has 22 heavy (non-hydrogen) atoms. The van der Waals surface area contributed by atoms with E-state index in [1.54, 1.807) is 17.6 Å². The third-order valence-corrected chi connectivity index (χ3v) is 4.44. The predicted octanol–water partition coefficient (Wildman–Crippen LogP) is 1.45. The highest BCUT2D eigenvalue weighted by molar-refractivity contribution is 7.16. The van der Waals surface area contributed by atoms with Crippen LogP contribution in [0.15, 0.2) is 59.0 Å². The highest BCUT2D eigenvalue weighted by Gasteiger charge is 2.00. The molecule has 0 saturated heterocycles. The summed E-state index contributed by atoms with van der Waals surface area (Å²) in [5.41, 5.74) is 2.13. The second kappa shape index (κ2) is 6.64. The second-order valence-corrected chi connectivity index (χ2v) is 5.86. The number of rotatable bonds is 4. The number of aromatic nitrogens is 2. The molecule has 1 aromatic carbocycles. The van der Waals surface area contributed by atoms with Gasteiger partial charge in [0.15, 0.2) is 18.9 Å². The van der Waals surface area contributed by atoms with E-state index in [0.29, 0.717) is 6.54 Å². The molecule has 0 bridgehead atoms. The molecule has 0 amide bonds. The van der Waals surface area contributed by atoms with Gasteiger partial charge in [-0.3, -0.25) is 0 Å². The molecule has 0 aliphatic carbocycles. The molecule has 0 spiro atoms. The molecule has 0 radical (unpaired) electrons. The first-order valence-corrected chi connectivity index (χ1v) is 7.81. The van der Waals surface area contributed by atoms with Crippen LogP contribution >= 0.6 is 11.3 Å². The quantitative estimate of drug-likeness (QED) is 0.442. The number of aryl methyl sites for hydroxylation is 1. The molecule has 3 rings (SSSR count). The first-order chi connectivity index (χ1) is 10.8. The van der Waals surface area contributed by atoms with Crippen molar-refractivity contribution in [3.63, 3.8) is 0 Å². The van der Waals surface area contributed by atoms with Crippen LogP contribution in [0.4, 0.5) is 0 Å². The summed E-state index contributed by atoms with van der Waals surface area (Å²) in [6.45, 7) is 0.731. The Bertz CT molecular complexity index is 862. The molecule has 0 aliphatic rings. The molecule has 6 heteroatoms. The summed E-state index contributed by atoms with van der Waals surface area (Å²) >= 11 is 1.62. The van der Waals surface area contributed by atoms with Crippen LogP contribution < -0.4 is 9.37 Å². The van der Waals surface area contributed by atoms with Gasteiger partial charge in [0.2, 0.25) is 4.80 Å². The van der Waals surface area contributed by atoms with Crippen molar-refractivity contribution in [3.8, 4) is 0 Å². The van der Waals surface area contributed by atoms with Gasteiger partial charge in [-0.1, -0.05) is 23.5 Å². The smallest absolute Gasteiger partial charge is 0.211 e. The number of benzene rings is 1. The molecule has 112 valence electrons. The van der Waals surface area contributed by atoms with Crippen LogP contribution in [0.1, 0.15) is 5.56 Å². The van der Waals surface area contributed by atoms with Gasteiger partial charge in [-0.05, 0) is 12.1 Å². The average molecular weight is 313 g/mol. The standard InChI is InChI=1S/C16H17N4OS/c1-19-14-4-2-3-5-15(14)22-16(19)18-17-12-13-6-8-20(9-7-13)10-11-21/h2-9,12,21H,10-11H2,1H3/q+1. The molecule has 0 aliphatic heterocycles. The van der Waals surface area contributed by atoms with E-state index < -0.39 is 0 Å². The Morgan fingerprint density at radius 2 is 2.00 bits per heavy atom. The summed E-state index contributed by atoms with van der Waals surface area (Å²) in [7, 11) is 1.99. The first kappa shape index (κ1) is 14.6. The lowest BCUT2D eigenvalue weighted by Crippen LogP contribution is -2.34. The molecule has 2 heterocycles. The van der Waals surface area contributed by atoms with Gasteiger partial charge in [0.25, 0.3) is 0 Å². The highest BCUT2D eigenvalue weighted by atomic mass is 32.1. The minimum absolute atomic E-state index is 0.135. The Morgan fingerprint density at radius 3 is 2.73 bits per heavy atom. The lowest BCUT2D eigenvalue weighted by atomic mass is 10.3. The number of fused-ring (bicyclic) bond motifs is 1. The fourth-order valence-electron chi connectivity index (χ4n) is 2.14. The van der Waals surface area contributed by atoms with Gasteiger partial charge in [0.05, 0.1) is 16.4 Å². The van der Waals surface area contributed by atoms with Crippen molar-refractivity contribution >= 4 is 27.8 Å². The number of pyridine rings is 1. The van der Waals surface area contributed by atoms with Crippen molar-refractivity contribution in [2.75, 3.05) is 6.61 Å². The van der Waals surface area contributed by atoms with E-state index in [1.165, 1.54) is 4.70 Å². The maximum absolute atomic E-state index is 8.88. The van der Waals surface area contributed by atoms with Crippen molar-refractivity contribution in [1.82, 2.24) is 4.57 Å². The van der Waals surface area contributed by atoms with Crippen molar-refractivity contribution < 1.29 is 9.67 Å². The predicted molar refractivity (Wildman–Crippen MR) is 87.7 cm³/mol. The van der Waals surface area contributed by atoms with Crippen LogP contribution in [-0.2, 0) is 13.6 Å². The Labute approximate surface area is 132 Å². The topological polar surface area (TPSA) is 53.8 Å². The van der Waals surface area contributed by atoms with Crippen LogP contribution in [0.3, 0.4) is 0 Å². The zero-order valence-electron chi connectivity index (χ0n) is 12.3. The van der Waals surface area contributed by atoms with E-state index in [-0.39, 0.29) is 6.61 Å². The fraction of sp³-hybridized carbons (Fsp3) is 0.188. The number of hydrogen-bond acceptors (Lipinski definition) is 4. The van der Waals surface area contributed by atoms with E-state index in [0.717, 1.165) is 15.9 Å². The van der Waals surface area contributed by atoms with Crippen LogP contribution in [-0.4, -0.2) is 22.5 Å². The third-order valence-electron chi connectivity index (χ3n) is 3.34. The van der Waals surface area contributed by atoms with E-state index >= 15 is 0 Å². The summed E-state index contributed by atoms with van der Waals surface area (Å²) < 4.78 is 5.15. The van der Waals surface area contributed by atoms with Gasteiger partial charge in [-0.15, -0.1) is 5.10 Å². The summed E-state index contributed by atoms with van der Waals surface area (Å²) in [4.78, 5) is 0.865. The van der Waals surface area contributed by atoms with Gasteiger partial charge in [0, 0.05) is 24.7 Å². The number of para-hydroxylation sites is 1. The molecule has 1 N–H and O–H groups in total. The molecular weight excluding hydrogens is 296 g/mol. The van der Waals surface area contributed by atoms with Crippen molar-refractivity contribution in [2.24, 2.45) is 17.3 Å². The summed E-state index contributed by atoms with van der Waals surface area (Å²) in [6.07, 6.45) is 5.56. The van der Waals surface area contributed by atoms with Gasteiger partial charge in [-0.25, -0.2) is 4.57 Å². The number of thiazole rings is 1. The second-order valence-electron chi connectivity index (χ2n) is 4.85. The number of nitrogens with zero attached hydrogens (tertiary/aromatic N) is 4. The summed E-state index contributed by atoms with van der Waals surface area (Å²) in [5, 5.41) is 17.4. The largest absolute Gasteiger partial charge is 0.390 e. The lowest BCUT2D eigenvalue weighted by Gasteiger charge is -1.93. The van der Waals surface area contributed by atoms with Crippen LogP contribution in [0.25, 0.3) is 10.2 Å². The zero-order chi connectivity index (χ0) is 15.4. The van der Waals surface area contributed by atoms with Crippen molar-refractivity contribution in [3.05, 3.63) is 59.2 Å². The summed E-state index contributed by atoms with van der Waals surface area (Å²) in [6, 6.07) is 12.1. The molecule has 2 aromatic heterocycles. The molecule has 0 atom stereocenters. The lowest BCUT2D eigenvalue weighted by molar-refractivity contribution is -0.698. The first-order valence-electron chi connectivity index (χ1n) is 6.99. The van der Waals surface area contributed by atoms with Crippen LogP contribution in [0, 0.1) is 0 Å². The Hall–Kier alpha value is -2.31. The molecule has 0 fully saturated rings. The number of hydrogen-bond donors (Lipinski definition) is 1. The third kappa shape index (κ3) is 3.13. The Morgan fingerprint density at radius 1 is 1.23 bits per heavy atom. The summed E-state index contributed by atoms with van der Waals surface area (Å²) in [5.74, 6) is 0. The van der Waals surface area contributed by atoms with E-state index in [2.05, 4.69) is 22.3 Å². The van der Waals surface area contributed by atoms with Crippen LogP contribution in [0.2, 0.25) is 0 Å². The number of aliphatic hydroxyl groups excluding tert-OH is 1. The molecule has 0 unspecified atom stereocenters. The van der Waals surface area contributed by atoms with Crippen molar-refractivity contribution in [1.29, 1.82) is 0 Å². The van der Waals surface area contributed by atoms with Gasteiger partial charge in [0.1, 0.15) is 6.61 Å². The normalized spacial score (nSPS) is 12.5. The van der Waals surface area contributed by atoms with Crippen molar-refractivity contribution in [2.45, 2.75) is 6.54 Å². The SMILES string of the molecule is Cn1c(=NN=Cc2cc[n+](CCO)cc2)sc2ccccc21. The fourth-order valence-corrected chi connectivity index (χ4v) is 3.12. The molecular formula is C16H17N4OS+. The maximum Gasteiger partial charge on any atom is 0.211 e. The van der Waals surface area contributed by atoms with Crippen LogP contribution in [0.5, 0.6) is 0 Å². The minimum atomic E-state index is 0.135. The van der Waals surface area contributed by atoms with Gasteiger partial charge in [-0.2, -0.15) is 5.10 Å². The Balaban J connectivity index is 1.84. The molecule has 0 saturated carbocycles.